The van der Waals surface area contributed by atoms with Crippen molar-refractivity contribution in [3.8, 4) is 5.75 Å². The molecule has 27 heavy (non-hydrogen) atoms. The summed E-state index contributed by atoms with van der Waals surface area (Å²) in [6.45, 7) is 1.95. The largest absolute Gasteiger partial charge is 0.482 e. The van der Waals surface area contributed by atoms with Crippen molar-refractivity contribution in [2.45, 2.75) is 77.2 Å². The molecule has 1 aromatic rings. The third-order valence-corrected chi connectivity index (χ3v) is 6.59. The van der Waals surface area contributed by atoms with E-state index in [1.807, 2.05) is 12.1 Å². The summed E-state index contributed by atoms with van der Waals surface area (Å²) in [6, 6.07) is 5.98. The van der Waals surface area contributed by atoms with Gasteiger partial charge in [-0.1, -0.05) is 57.6 Å². The number of carboxylic acid groups (broad SMARTS) is 1. The Morgan fingerprint density at radius 3 is 2.70 bits per heavy atom. The minimum atomic E-state index is -0.948. The average Bonchev–Trinajstić information content (AvgIpc) is 2.95. The molecule has 1 aromatic carbocycles. The molecule has 0 unspecified atom stereocenters. The highest BCUT2D eigenvalue weighted by atomic mass is 16.5. The van der Waals surface area contributed by atoms with Crippen LogP contribution in [0.5, 0.6) is 5.75 Å². The lowest BCUT2D eigenvalue weighted by Gasteiger charge is -2.32. The topological polar surface area (TPSA) is 66.8 Å². The predicted molar refractivity (Wildman–Crippen MR) is 106 cm³/mol. The quantitative estimate of drug-likeness (QED) is 0.587. The maximum absolute atomic E-state index is 10.8. The third kappa shape index (κ3) is 5.04. The minimum absolute atomic E-state index is 0.187. The van der Waals surface area contributed by atoms with Crippen LogP contribution in [-0.4, -0.2) is 28.9 Å². The van der Waals surface area contributed by atoms with E-state index in [4.69, 9.17) is 9.84 Å². The fourth-order valence-electron chi connectivity index (χ4n) is 5.24. The van der Waals surface area contributed by atoms with Gasteiger partial charge in [-0.2, -0.15) is 0 Å². The zero-order chi connectivity index (χ0) is 19.2. The number of aliphatic carboxylic acids is 1. The van der Waals surface area contributed by atoms with Crippen molar-refractivity contribution in [1.82, 2.24) is 0 Å². The van der Waals surface area contributed by atoms with Gasteiger partial charge in [0.05, 0.1) is 6.10 Å². The summed E-state index contributed by atoms with van der Waals surface area (Å²) < 4.78 is 5.52. The molecule has 0 aliphatic heterocycles. The Kier molecular flexibility index (Phi) is 7.17. The van der Waals surface area contributed by atoms with Gasteiger partial charge in [-0.15, -0.1) is 0 Å². The molecule has 0 bridgehead atoms. The maximum atomic E-state index is 10.8. The number of hydrogen-bond donors (Lipinski definition) is 2. The van der Waals surface area contributed by atoms with Gasteiger partial charge in [0.15, 0.2) is 6.61 Å². The second kappa shape index (κ2) is 9.59. The monoisotopic (exact) mass is 374 g/mol. The number of carbonyl (C=O) groups is 1. The standard InChI is InChI=1S/C23H34O4/c1-2-3-4-5-6-7-10-18-19-12-16-9-8-11-22(27-15-23(25)26)20(16)13-17(19)14-21(18)24/h8-9,11,17-19,21,24H,2-7,10,12-15H2,1H3,(H,25,26)/t17-,18+,19-,21+/m0/s1. The molecule has 3 rings (SSSR count). The molecule has 2 aliphatic carbocycles. The second-order valence-corrected chi connectivity index (χ2v) is 8.43. The fourth-order valence-corrected chi connectivity index (χ4v) is 5.24. The van der Waals surface area contributed by atoms with Gasteiger partial charge in [-0.25, -0.2) is 4.79 Å². The van der Waals surface area contributed by atoms with E-state index in [9.17, 15) is 9.90 Å². The Labute approximate surface area is 162 Å². The molecule has 1 saturated carbocycles. The second-order valence-electron chi connectivity index (χ2n) is 8.43. The summed E-state index contributed by atoms with van der Waals surface area (Å²) in [5.41, 5.74) is 2.44. The number of carboxylic acids is 1. The third-order valence-electron chi connectivity index (χ3n) is 6.59. The van der Waals surface area contributed by atoms with Crippen molar-refractivity contribution in [2.24, 2.45) is 17.8 Å². The summed E-state index contributed by atoms with van der Waals surface area (Å²) in [6.07, 6.45) is 11.5. The number of ether oxygens (including phenoxy) is 1. The van der Waals surface area contributed by atoms with E-state index in [-0.39, 0.29) is 12.7 Å². The van der Waals surface area contributed by atoms with E-state index in [0.717, 1.165) is 31.2 Å². The van der Waals surface area contributed by atoms with Crippen molar-refractivity contribution in [3.63, 3.8) is 0 Å². The summed E-state index contributed by atoms with van der Waals surface area (Å²) >= 11 is 0. The van der Waals surface area contributed by atoms with Crippen LogP contribution < -0.4 is 4.74 Å². The van der Waals surface area contributed by atoms with Crippen LogP contribution >= 0.6 is 0 Å². The summed E-state index contributed by atoms with van der Waals surface area (Å²) in [5.74, 6) is 1.22. The molecular weight excluding hydrogens is 340 g/mol. The number of fused-ring (bicyclic) bond motifs is 2. The highest BCUT2D eigenvalue weighted by molar-refractivity contribution is 5.68. The van der Waals surface area contributed by atoms with Crippen molar-refractivity contribution >= 4 is 5.97 Å². The van der Waals surface area contributed by atoms with Crippen LogP contribution in [0.25, 0.3) is 0 Å². The SMILES string of the molecule is CCCCCCCC[C@@H]1[C@H]2Cc3cccc(OCC(=O)O)c3C[C@H]2C[C@H]1O. The van der Waals surface area contributed by atoms with E-state index in [1.165, 1.54) is 44.1 Å². The van der Waals surface area contributed by atoms with Gasteiger partial charge in [0.25, 0.3) is 0 Å². The van der Waals surface area contributed by atoms with Crippen LogP contribution in [0.15, 0.2) is 18.2 Å². The highest BCUT2D eigenvalue weighted by Gasteiger charge is 2.44. The number of hydrogen-bond acceptors (Lipinski definition) is 3. The molecule has 2 N–H and O–H groups in total. The van der Waals surface area contributed by atoms with Crippen LogP contribution in [-0.2, 0) is 17.6 Å². The zero-order valence-electron chi connectivity index (χ0n) is 16.5. The molecule has 4 heteroatoms. The summed E-state index contributed by atoms with van der Waals surface area (Å²) in [7, 11) is 0. The fraction of sp³-hybridized carbons (Fsp3) is 0.696. The van der Waals surface area contributed by atoms with Crippen LogP contribution in [0.2, 0.25) is 0 Å². The van der Waals surface area contributed by atoms with Crippen LogP contribution in [0.4, 0.5) is 0 Å². The first-order chi connectivity index (χ1) is 13.1. The van der Waals surface area contributed by atoms with Gasteiger partial charge < -0.3 is 14.9 Å². The average molecular weight is 375 g/mol. The van der Waals surface area contributed by atoms with Crippen LogP contribution in [0.1, 0.15) is 69.4 Å². The zero-order valence-corrected chi connectivity index (χ0v) is 16.5. The van der Waals surface area contributed by atoms with Crippen molar-refractivity contribution in [2.75, 3.05) is 6.61 Å². The Balaban J connectivity index is 1.60. The molecule has 0 saturated heterocycles. The molecule has 0 spiro atoms. The summed E-state index contributed by atoms with van der Waals surface area (Å²) in [4.78, 5) is 10.8. The molecule has 4 atom stereocenters. The van der Waals surface area contributed by atoms with Gasteiger partial charge in [-0.3, -0.25) is 0 Å². The normalized spacial score (nSPS) is 26.4. The lowest BCUT2D eigenvalue weighted by molar-refractivity contribution is -0.139. The van der Waals surface area contributed by atoms with Crippen molar-refractivity contribution in [1.29, 1.82) is 0 Å². The highest BCUT2D eigenvalue weighted by Crippen LogP contribution is 2.48. The Hall–Kier alpha value is -1.55. The molecule has 0 amide bonds. The molecule has 0 radical (unpaired) electrons. The lowest BCUT2D eigenvalue weighted by atomic mass is 9.73. The summed E-state index contributed by atoms with van der Waals surface area (Å²) in [5, 5.41) is 19.6. The molecule has 0 aromatic heterocycles. The van der Waals surface area contributed by atoms with E-state index in [2.05, 4.69) is 13.0 Å². The number of aliphatic hydroxyl groups is 1. The number of unbranched alkanes of at least 4 members (excludes halogenated alkanes) is 5. The van der Waals surface area contributed by atoms with Crippen LogP contribution in [0, 0.1) is 17.8 Å². The predicted octanol–water partition coefficient (Wildman–Crippen LogP) is 4.61. The number of rotatable bonds is 10. The molecular formula is C23H34O4. The number of benzene rings is 1. The van der Waals surface area contributed by atoms with Gasteiger partial charge in [0.1, 0.15) is 5.75 Å². The molecule has 150 valence electrons. The maximum Gasteiger partial charge on any atom is 0.341 e. The van der Waals surface area contributed by atoms with E-state index in [1.54, 1.807) is 0 Å². The van der Waals surface area contributed by atoms with Gasteiger partial charge in [-0.05, 0) is 60.6 Å². The van der Waals surface area contributed by atoms with E-state index in [0.29, 0.717) is 23.5 Å². The smallest absolute Gasteiger partial charge is 0.341 e. The molecule has 0 heterocycles. The number of aliphatic hydroxyl groups excluding tert-OH is 1. The van der Waals surface area contributed by atoms with Gasteiger partial charge in [0.2, 0.25) is 0 Å². The van der Waals surface area contributed by atoms with Crippen LogP contribution in [0.3, 0.4) is 0 Å². The van der Waals surface area contributed by atoms with Crippen molar-refractivity contribution in [3.05, 3.63) is 29.3 Å². The van der Waals surface area contributed by atoms with E-state index >= 15 is 0 Å². The van der Waals surface area contributed by atoms with Gasteiger partial charge in [0, 0.05) is 0 Å². The minimum Gasteiger partial charge on any atom is -0.482 e. The molecule has 2 aliphatic rings. The first kappa shape index (κ1) is 20.2. The lowest BCUT2D eigenvalue weighted by Crippen LogP contribution is -2.27. The van der Waals surface area contributed by atoms with E-state index < -0.39 is 5.97 Å². The first-order valence-corrected chi connectivity index (χ1v) is 10.7. The molecule has 1 fully saturated rings. The Bertz CT molecular complexity index is 627. The molecule has 4 nitrogen and oxygen atoms in total. The Morgan fingerprint density at radius 2 is 1.93 bits per heavy atom. The first-order valence-electron chi connectivity index (χ1n) is 10.7. The van der Waals surface area contributed by atoms with Crippen molar-refractivity contribution < 1.29 is 19.7 Å². The van der Waals surface area contributed by atoms with Gasteiger partial charge >= 0.3 is 5.97 Å². The Morgan fingerprint density at radius 1 is 1.15 bits per heavy atom.